The number of Topliss-reactive ketones (excluding diaryl/α,β-unsaturated/α-hetero) is 1. The van der Waals surface area contributed by atoms with Gasteiger partial charge >= 0.3 is 0 Å². The molecule has 0 N–H and O–H groups in total. The average molecular weight is 209 g/mol. The van der Waals surface area contributed by atoms with Crippen molar-refractivity contribution >= 4 is 5.78 Å². The van der Waals surface area contributed by atoms with Crippen molar-refractivity contribution in [2.75, 3.05) is 0 Å². The predicted octanol–water partition coefficient (Wildman–Crippen LogP) is 2.02. The summed E-state index contributed by atoms with van der Waals surface area (Å²) in [5, 5.41) is 4.10. The lowest BCUT2D eigenvalue weighted by Crippen LogP contribution is -2.14. The van der Waals surface area contributed by atoms with E-state index >= 15 is 0 Å². The number of aromatic nitrogens is 3. The van der Waals surface area contributed by atoms with Crippen LogP contribution in [0.4, 0.5) is 0 Å². The van der Waals surface area contributed by atoms with Crippen LogP contribution in [0.1, 0.15) is 46.0 Å². The molecule has 0 aliphatic rings. The second kappa shape index (κ2) is 5.05. The third-order valence-electron chi connectivity index (χ3n) is 2.13. The molecule has 0 saturated heterocycles. The molecule has 4 heteroatoms. The van der Waals surface area contributed by atoms with Crippen molar-refractivity contribution in [1.82, 2.24) is 14.8 Å². The smallest absolute Gasteiger partial charge is 0.140 e. The highest BCUT2D eigenvalue weighted by Gasteiger charge is 2.12. The number of hydrogen-bond acceptors (Lipinski definition) is 3. The molecule has 0 atom stereocenters. The van der Waals surface area contributed by atoms with Crippen molar-refractivity contribution in [2.24, 2.45) is 5.92 Å². The van der Waals surface area contributed by atoms with Crippen LogP contribution in [-0.2, 0) is 11.2 Å². The topological polar surface area (TPSA) is 47.8 Å². The molecule has 0 bridgehead atoms. The first-order valence-electron chi connectivity index (χ1n) is 5.40. The molecule has 84 valence electrons. The zero-order chi connectivity index (χ0) is 11.4. The van der Waals surface area contributed by atoms with Gasteiger partial charge in [-0.15, -0.1) is 0 Å². The zero-order valence-corrected chi connectivity index (χ0v) is 9.90. The monoisotopic (exact) mass is 209 g/mol. The Labute approximate surface area is 90.7 Å². The van der Waals surface area contributed by atoms with Gasteiger partial charge in [0.2, 0.25) is 0 Å². The normalized spacial score (nSPS) is 11.3. The van der Waals surface area contributed by atoms with Gasteiger partial charge in [-0.1, -0.05) is 13.8 Å². The van der Waals surface area contributed by atoms with Crippen molar-refractivity contribution in [3.8, 4) is 0 Å². The SMILES string of the molecule is CC(C)CC(=O)Cc1ncnn1C(C)C. The molecule has 0 saturated carbocycles. The molecule has 0 fully saturated rings. The van der Waals surface area contributed by atoms with Crippen molar-refractivity contribution in [3.63, 3.8) is 0 Å². The van der Waals surface area contributed by atoms with E-state index < -0.39 is 0 Å². The molecule has 0 amide bonds. The molecule has 0 aliphatic carbocycles. The minimum absolute atomic E-state index is 0.236. The molecular weight excluding hydrogens is 190 g/mol. The molecule has 0 aromatic carbocycles. The Kier molecular flexibility index (Phi) is 4.00. The van der Waals surface area contributed by atoms with E-state index in [2.05, 4.69) is 10.1 Å². The van der Waals surface area contributed by atoms with Crippen LogP contribution < -0.4 is 0 Å². The lowest BCUT2D eigenvalue weighted by molar-refractivity contribution is -0.119. The van der Waals surface area contributed by atoms with E-state index in [1.54, 1.807) is 4.68 Å². The Hall–Kier alpha value is -1.19. The van der Waals surface area contributed by atoms with E-state index in [-0.39, 0.29) is 11.8 Å². The highest BCUT2D eigenvalue weighted by Crippen LogP contribution is 2.08. The number of carbonyl (C=O) groups is 1. The fraction of sp³-hybridized carbons (Fsp3) is 0.727. The van der Waals surface area contributed by atoms with Crippen molar-refractivity contribution < 1.29 is 4.79 Å². The Morgan fingerprint density at radius 2 is 2.07 bits per heavy atom. The van der Waals surface area contributed by atoms with Crippen molar-refractivity contribution in [3.05, 3.63) is 12.2 Å². The van der Waals surface area contributed by atoms with Gasteiger partial charge in [0.05, 0.1) is 6.42 Å². The fourth-order valence-electron chi connectivity index (χ4n) is 1.54. The maximum absolute atomic E-state index is 11.6. The van der Waals surface area contributed by atoms with E-state index in [9.17, 15) is 4.79 Å². The van der Waals surface area contributed by atoms with Gasteiger partial charge in [0.1, 0.15) is 17.9 Å². The maximum atomic E-state index is 11.6. The van der Waals surface area contributed by atoms with Crippen LogP contribution in [0.3, 0.4) is 0 Å². The molecule has 0 radical (unpaired) electrons. The average Bonchev–Trinajstić information content (AvgIpc) is 2.50. The minimum Gasteiger partial charge on any atom is -0.299 e. The fourth-order valence-corrected chi connectivity index (χ4v) is 1.54. The molecule has 1 aromatic heterocycles. The van der Waals surface area contributed by atoms with Crippen LogP contribution in [0.15, 0.2) is 6.33 Å². The molecule has 1 rings (SSSR count). The summed E-state index contributed by atoms with van der Waals surface area (Å²) in [7, 11) is 0. The third-order valence-corrected chi connectivity index (χ3v) is 2.13. The quantitative estimate of drug-likeness (QED) is 0.745. The molecule has 15 heavy (non-hydrogen) atoms. The Morgan fingerprint density at radius 1 is 1.40 bits per heavy atom. The van der Waals surface area contributed by atoms with Crippen LogP contribution in [0.5, 0.6) is 0 Å². The number of rotatable bonds is 5. The summed E-state index contributed by atoms with van der Waals surface area (Å²) >= 11 is 0. The van der Waals surface area contributed by atoms with Gasteiger partial charge in [-0.2, -0.15) is 5.10 Å². The number of nitrogens with zero attached hydrogens (tertiary/aromatic N) is 3. The van der Waals surface area contributed by atoms with Gasteiger partial charge in [0, 0.05) is 12.5 Å². The summed E-state index contributed by atoms with van der Waals surface area (Å²) in [5.41, 5.74) is 0. The molecule has 1 aromatic rings. The Balaban J connectivity index is 2.64. The van der Waals surface area contributed by atoms with Crippen LogP contribution >= 0.6 is 0 Å². The summed E-state index contributed by atoms with van der Waals surface area (Å²) in [4.78, 5) is 15.7. The number of hydrogen-bond donors (Lipinski definition) is 0. The third kappa shape index (κ3) is 3.46. The Bertz CT molecular complexity index is 328. The van der Waals surface area contributed by atoms with E-state index in [0.717, 1.165) is 5.82 Å². The number of carbonyl (C=O) groups excluding carboxylic acids is 1. The summed E-state index contributed by atoms with van der Waals surface area (Å²) in [5.74, 6) is 1.42. The van der Waals surface area contributed by atoms with Gasteiger partial charge in [-0.05, 0) is 19.8 Å². The molecular formula is C11H19N3O. The first-order chi connectivity index (χ1) is 7.00. The van der Waals surface area contributed by atoms with E-state index in [4.69, 9.17) is 0 Å². The summed E-state index contributed by atoms with van der Waals surface area (Å²) in [6, 6.07) is 0.259. The van der Waals surface area contributed by atoms with Gasteiger partial charge < -0.3 is 0 Å². The summed E-state index contributed by atoms with van der Waals surface area (Å²) in [6.07, 6.45) is 2.53. The van der Waals surface area contributed by atoms with Gasteiger partial charge in [0.25, 0.3) is 0 Å². The van der Waals surface area contributed by atoms with Crippen LogP contribution in [0, 0.1) is 5.92 Å². The van der Waals surface area contributed by atoms with Crippen LogP contribution in [-0.4, -0.2) is 20.5 Å². The second-order valence-corrected chi connectivity index (χ2v) is 4.53. The lowest BCUT2D eigenvalue weighted by atomic mass is 10.1. The second-order valence-electron chi connectivity index (χ2n) is 4.53. The minimum atomic E-state index is 0.236. The first-order valence-corrected chi connectivity index (χ1v) is 5.40. The zero-order valence-electron chi connectivity index (χ0n) is 9.90. The van der Waals surface area contributed by atoms with E-state index in [1.165, 1.54) is 6.33 Å². The molecule has 0 aliphatic heterocycles. The molecule has 1 heterocycles. The van der Waals surface area contributed by atoms with E-state index in [0.29, 0.717) is 18.8 Å². The van der Waals surface area contributed by atoms with Crippen molar-refractivity contribution in [1.29, 1.82) is 0 Å². The summed E-state index contributed by atoms with van der Waals surface area (Å²) < 4.78 is 1.80. The standard InChI is InChI=1S/C11H19N3O/c1-8(2)5-10(15)6-11-12-7-13-14(11)9(3)4/h7-9H,5-6H2,1-4H3. The van der Waals surface area contributed by atoms with Crippen molar-refractivity contribution in [2.45, 2.75) is 46.6 Å². The molecule has 0 spiro atoms. The van der Waals surface area contributed by atoms with Gasteiger partial charge in [-0.25, -0.2) is 9.67 Å². The number of ketones is 1. The van der Waals surface area contributed by atoms with E-state index in [1.807, 2.05) is 27.7 Å². The molecule has 4 nitrogen and oxygen atoms in total. The largest absolute Gasteiger partial charge is 0.299 e. The summed E-state index contributed by atoms with van der Waals surface area (Å²) in [6.45, 7) is 8.16. The van der Waals surface area contributed by atoms with Crippen LogP contribution in [0.25, 0.3) is 0 Å². The highest BCUT2D eigenvalue weighted by molar-refractivity contribution is 5.80. The lowest BCUT2D eigenvalue weighted by Gasteiger charge is -2.09. The maximum Gasteiger partial charge on any atom is 0.140 e. The first kappa shape index (κ1) is 11.9. The van der Waals surface area contributed by atoms with Crippen LogP contribution in [0.2, 0.25) is 0 Å². The Morgan fingerprint density at radius 3 is 2.60 bits per heavy atom. The molecule has 0 unspecified atom stereocenters. The predicted molar refractivity (Wildman–Crippen MR) is 58.6 cm³/mol. The van der Waals surface area contributed by atoms with Gasteiger partial charge in [0.15, 0.2) is 0 Å². The highest BCUT2D eigenvalue weighted by atomic mass is 16.1. The van der Waals surface area contributed by atoms with Gasteiger partial charge in [-0.3, -0.25) is 4.79 Å².